The topological polar surface area (TPSA) is 9.23 Å². The van der Waals surface area contributed by atoms with Gasteiger partial charge < -0.3 is 4.74 Å². The molecule has 0 amide bonds. The Hall–Kier alpha value is -1.68. The maximum atomic E-state index is 12.4. The van der Waals surface area contributed by atoms with E-state index in [0.29, 0.717) is 16.5 Å². The molecule has 0 unspecified atom stereocenters. The van der Waals surface area contributed by atoms with Crippen LogP contribution < -0.4 is 4.74 Å². The van der Waals surface area contributed by atoms with E-state index >= 15 is 0 Å². The molecule has 0 atom stereocenters. The van der Waals surface area contributed by atoms with Crippen LogP contribution in [0.25, 0.3) is 0 Å². The number of benzene rings is 2. The number of halogens is 4. The molecule has 0 saturated heterocycles. The molecular formula is C15H12ClF3O. The minimum Gasteiger partial charge on any atom is -0.457 e. The molecule has 0 N–H and O–H groups in total. The Labute approximate surface area is 119 Å². The number of rotatable bonds is 2. The van der Waals surface area contributed by atoms with Crippen molar-refractivity contribution in [2.75, 3.05) is 0 Å². The van der Waals surface area contributed by atoms with E-state index in [0.717, 1.165) is 23.3 Å². The third-order valence-electron chi connectivity index (χ3n) is 2.83. The van der Waals surface area contributed by atoms with Crippen molar-refractivity contribution in [3.63, 3.8) is 0 Å². The van der Waals surface area contributed by atoms with Gasteiger partial charge in [0.05, 0.1) is 5.56 Å². The molecule has 2 aromatic carbocycles. The number of alkyl halides is 3. The molecule has 0 aliphatic carbocycles. The fourth-order valence-corrected chi connectivity index (χ4v) is 1.92. The van der Waals surface area contributed by atoms with E-state index in [1.807, 2.05) is 13.8 Å². The molecule has 20 heavy (non-hydrogen) atoms. The molecule has 0 saturated carbocycles. The summed E-state index contributed by atoms with van der Waals surface area (Å²) >= 11 is 6.04. The van der Waals surface area contributed by atoms with E-state index in [9.17, 15) is 13.2 Å². The van der Waals surface area contributed by atoms with E-state index in [4.69, 9.17) is 16.3 Å². The number of hydrogen-bond donors (Lipinski definition) is 0. The van der Waals surface area contributed by atoms with E-state index in [1.165, 1.54) is 12.1 Å². The summed E-state index contributed by atoms with van der Waals surface area (Å²) in [6.07, 6.45) is -4.34. The Morgan fingerprint density at radius 3 is 1.85 bits per heavy atom. The molecule has 0 radical (unpaired) electrons. The zero-order chi connectivity index (χ0) is 14.9. The first-order valence-corrected chi connectivity index (χ1v) is 6.27. The van der Waals surface area contributed by atoms with E-state index < -0.39 is 11.7 Å². The van der Waals surface area contributed by atoms with Gasteiger partial charge in [0.2, 0.25) is 0 Å². The van der Waals surface area contributed by atoms with Crippen molar-refractivity contribution in [1.82, 2.24) is 0 Å². The summed E-state index contributed by atoms with van der Waals surface area (Å²) in [7, 11) is 0. The van der Waals surface area contributed by atoms with Gasteiger partial charge in [0, 0.05) is 5.02 Å². The van der Waals surface area contributed by atoms with Crippen LogP contribution in [-0.4, -0.2) is 0 Å². The standard InChI is InChI=1S/C15H12ClF3O/c1-9-7-13(8-10(2)14(9)16)20-12-5-3-11(4-6-12)15(17,18)19/h3-8H,1-2H3. The van der Waals surface area contributed by atoms with Crippen LogP contribution >= 0.6 is 11.6 Å². The maximum absolute atomic E-state index is 12.4. The summed E-state index contributed by atoms with van der Waals surface area (Å²) in [6.45, 7) is 3.68. The molecule has 2 aromatic rings. The van der Waals surface area contributed by atoms with Gasteiger partial charge in [0.1, 0.15) is 11.5 Å². The zero-order valence-corrected chi connectivity index (χ0v) is 11.6. The van der Waals surface area contributed by atoms with Gasteiger partial charge in [-0.2, -0.15) is 13.2 Å². The normalized spacial score (nSPS) is 11.5. The molecule has 106 valence electrons. The third kappa shape index (κ3) is 3.25. The lowest BCUT2D eigenvalue weighted by atomic mass is 10.1. The monoisotopic (exact) mass is 300 g/mol. The molecule has 0 heterocycles. The van der Waals surface area contributed by atoms with E-state index in [-0.39, 0.29) is 0 Å². The molecular weight excluding hydrogens is 289 g/mol. The van der Waals surface area contributed by atoms with Crippen molar-refractivity contribution in [1.29, 1.82) is 0 Å². The largest absolute Gasteiger partial charge is 0.457 e. The first-order chi connectivity index (χ1) is 9.27. The summed E-state index contributed by atoms with van der Waals surface area (Å²) < 4.78 is 42.9. The minimum absolute atomic E-state index is 0.346. The highest BCUT2D eigenvalue weighted by Gasteiger charge is 2.30. The minimum atomic E-state index is -4.34. The maximum Gasteiger partial charge on any atom is 0.416 e. The molecule has 0 bridgehead atoms. The highest BCUT2D eigenvalue weighted by Crippen LogP contribution is 2.32. The van der Waals surface area contributed by atoms with Crippen molar-refractivity contribution in [3.05, 3.63) is 58.1 Å². The molecule has 0 aliphatic rings. The van der Waals surface area contributed by atoms with Crippen LogP contribution in [0.15, 0.2) is 36.4 Å². The molecule has 0 aromatic heterocycles. The Kier molecular flexibility index (Phi) is 3.95. The van der Waals surface area contributed by atoms with Gasteiger partial charge in [0.15, 0.2) is 0 Å². The van der Waals surface area contributed by atoms with Gasteiger partial charge in [-0.15, -0.1) is 0 Å². The number of aryl methyl sites for hydroxylation is 2. The lowest BCUT2D eigenvalue weighted by molar-refractivity contribution is -0.137. The van der Waals surface area contributed by atoms with Gasteiger partial charge in [-0.1, -0.05) is 11.6 Å². The first kappa shape index (κ1) is 14.7. The summed E-state index contributed by atoms with van der Waals surface area (Å²) in [5.74, 6) is 0.892. The molecule has 0 fully saturated rings. The summed E-state index contributed by atoms with van der Waals surface area (Å²) in [5, 5.41) is 0.657. The van der Waals surface area contributed by atoms with Crippen molar-refractivity contribution in [3.8, 4) is 11.5 Å². The second-order valence-electron chi connectivity index (χ2n) is 4.50. The molecule has 5 heteroatoms. The SMILES string of the molecule is Cc1cc(Oc2ccc(C(F)(F)F)cc2)cc(C)c1Cl. The zero-order valence-electron chi connectivity index (χ0n) is 10.9. The van der Waals surface area contributed by atoms with Gasteiger partial charge in [0.25, 0.3) is 0 Å². The van der Waals surface area contributed by atoms with Gasteiger partial charge in [-0.05, 0) is 61.4 Å². The summed E-state index contributed by atoms with van der Waals surface area (Å²) in [4.78, 5) is 0. The van der Waals surface area contributed by atoms with Crippen LogP contribution in [-0.2, 0) is 6.18 Å². The van der Waals surface area contributed by atoms with Crippen LogP contribution in [0.4, 0.5) is 13.2 Å². The lowest BCUT2D eigenvalue weighted by Gasteiger charge is -2.11. The van der Waals surface area contributed by atoms with Crippen molar-refractivity contribution < 1.29 is 17.9 Å². The average Bonchev–Trinajstić information content (AvgIpc) is 2.35. The van der Waals surface area contributed by atoms with E-state index in [2.05, 4.69) is 0 Å². The number of hydrogen-bond acceptors (Lipinski definition) is 1. The number of ether oxygens (including phenoxy) is 1. The van der Waals surface area contributed by atoms with Crippen LogP contribution in [0.5, 0.6) is 11.5 Å². The lowest BCUT2D eigenvalue weighted by Crippen LogP contribution is -2.04. The Morgan fingerprint density at radius 2 is 1.40 bits per heavy atom. The van der Waals surface area contributed by atoms with Crippen LogP contribution in [0.2, 0.25) is 5.02 Å². The van der Waals surface area contributed by atoms with Crippen LogP contribution in [0.1, 0.15) is 16.7 Å². The fourth-order valence-electron chi connectivity index (χ4n) is 1.81. The second kappa shape index (κ2) is 5.37. The van der Waals surface area contributed by atoms with Crippen molar-refractivity contribution in [2.24, 2.45) is 0 Å². The summed E-state index contributed by atoms with van der Waals surface area (Å²) in [6, 6.07) is 8.06. The van der Waals surface area contributed by atoms with Crippen molar-refractivity contribution >= 4 is 11.6 Å². The highest BCUT2D eigenvalue weighted by molar-refractivity contribution is 6.32. The molecule has 1 nitrogen and oxygen atoms in total. The molecule has 0 spiro atoms. The predicted octanol–water partition coefficient (Wildman–Crippen LogP) is 5.77. The van der Waals surface area contributed by atoms with Crippen LogP contribution in [0, 0.1) is 13.8 Å². The average molecular weight is 301 g/mol. The van der Waals surface area contributed by atoms with Gasteiger partial charge in [-0.3, -0.25) is 0 Å². The fraction of sp³-hybridized carbons (Fsp3) is 0.200. The van der Waals surface area contributed by atoms with E-state index in [1.54, 1.807) is 12.1 Å². The van der Waals surface area contributed by atoms with Crippen LogP contribution in [0.3, 0.4) is 0 Å². The molecule has 0 aliphatic heterocycles. The second-order valence-corrected chi connectivity index (χ2v) is 4.87. The first-order valence-electron chi connectivity index (χ1n) is 5.89. The Bertz CT molecular complexity index is 595. The smallest absolute Gasteiger partial charge is 0.416 e. The predicted molar refractivity (Wildman–Crippen MR) is 72.4 cm³/mol. The summed E-state index contributed by atoms with van der Waals surface area (Å²) in [5.41, 5.74) is 1.01. The van der Waals surface area contributed by atoms with Crippen molar-refractivity contribution in [2.45, 2.75) is 20.0 Å². The molecule has 2 rings (SSSR count). The quantitative estimate of drug-likeness (QED) is 0.684. The van der Waals surface area contributed by atoms with Gasteiger partial charge in [-0.25, -0.2) is 0 Å². The van der Waals surface area contributed by atoms with Gasteiger partial charge >= 0.3 is 6.18 Å². The Balaban J connectivity index is 2.23. The Morgan fingerprint density at radius 1 is 0.900 bits per heavy atom. The third-order valence-corrected chi connectivity index (χ3v) is 3.42. The highest BCUT2D eigenvalue weighted by atomic mass is 35.5.